The molecule has 0 radical (unpaired) electrons. The van der Waals surface area contributed by atoms with Crippen molar-refractivity contribution in [3.8, 4) is 0 Å². The number of nitrogens with one attached hydrogen (secondary N) is 2. The van der Waals surface area contributed by atoms with E-state index in [1.54, 1.807) is 6.92 Å². The summed E-state index contributed by atoms with van der Waals surface area (Å²) in [6, 6.07) is -0.570. The first-order chi connectivity index (χ1) is 14.0. The van der Waals surface area contributed by atoms with Crippen LogP contribution in [0.4, 0.5) is 4.79 Å². The van der Waals surface area contributed by atoms with Crippen molar-refractivity contribution in [2.75, 3.05) is 12.3 Å². The molecule has 0 aliphatic heterocycles. The van der Waals surface area contributed by atoms with Gasteiger partial charge in [-0.2, -0.15) is 0 Å². The van der Waals surface area contributed by atoms with E-state index in [4.69, 9.17) is 0 Å². The minimum Gasteiger partial charge on any atom is -0.338 e. The van der Waals surface area contributed by atoms with Gasteiger partial charge in [0.15, 0.2) is 5.65 Å². The lowest BCUT2D eigenvalue weighted by Gasteiger charge is -2.15. The number of carbonyl (C=O) groups is 2. The molecule has 2 aromatic heterocycles. The normalized spacial score (nSPS) is 11.3. The Morgan fingerprint density at radius 1 is 1.10 bits per heavy atom. The summed E-state index contributed by atoms with van der Waals surface area (Å²) in [4.78, 5) is 57.9. The van der Waals surface area contributed by atoms with E-state index in [2.05, 4.69) is 20.6 Å². The second-order valence-corrected chi connectivity index (χ2v) is 8.83. The van der Waals surface area contributed by atoms with Crippen LogP contribution in [0, 0.1) is 18.8 Å². The van der Waals surface area contributed by atoms with Gasteiger partial charge < -0.3 is 5.32 Å². The molecule has 0 aromatic carbocycles. The van der Waals surface area contributed by atoms with Crippen molar-refractivity contribution in [2.24, 2.45) is 18.9 Å². The fourth-order valence-corrected chi connectivity index (χ4v) is 3.57. The topological polar surface area (TPSA) is 128 Å². The largest absolute Gasteiger partial charge is 0.338 e. The quantitative estimate of drug-likeness (QED) is 0.490. The Balaban J connectivity index is 2.35. The first-order valence-electron chi connectivity index (χ1n) is 9.69. The zero-order valence-electron chi connectivity index (χ0n) is 18.1. The van der Waals surface area contributed by atoms with Crippen molar-refractivity contribution in [3.63, 3.8) is 0 Å². The third-order valence-corrected chi connectivity index (χ3v) is 5.05. The molecule has 0 unspecified atom stereocenters. The van der Waals surface area contributed by atoms with Crippen molar-refractivity contribution >= 4 is 34.7 Å². The predicted molar refractivity (Wildman–Crippen MR) is 116 cm³/mol. The van der Waals surface area contributed by atoms with E-state index < -0.39 is 23.2 Å². The number of urea groups is 1. The molecular formula is C19H28N6O4S. The Morgan fingerprint density at radius 2 is 1.77 bits per heavy atom. The molecule has 10 nitrogen and oxygen atoms in total. The Kier molecular flexibility index (Phi) is 7.77. The van der Waals surface area contributed by atoms with Gasteiger partial charge >= 0.3 is 11.7 Å². The lowest BCUT2D eigenvalue weighted by atomic mass is 10.2. The zero-order valence-corrected chi connectivity index (χ0v) is 18.9. The average Bonchev–Trinajstić information content (AvgIpc) is 2.65. The number of rotatable bonds is 7. The van der Waals surface area contributed by atoms with E-state index >= 15 is 0 Å². The third-order valence-electron chi connectivity index (χ3n) is 4.07. The monoisotopic (exact) mass is 436 g/mol. The summed E-state index contributed by atoms with van der Waals surface area (Å²) < 4.78 is 2.48. The van der Waals surface area contributed by atoms with Gasteiger partial charge in [-0.05, 0) is 18.8 Å². The summed E-state index contributed by atoms with van der Waals surface area (Å²) in [7, 11) is 1.40. The minimum atomic E-state index is -0.570. The van der Waals surface area contributed by atoms with Crippen LogP contribution in [0.5, 0.6) is 0 Å². The van der Waals surface area contributed by atoms with E-state index in [9.17, 15) is 19.2 Å². The summed E-state index contributed by atoms with van der Waals surface area (Å²) in [6.07, 6.45) is 0. The molecule has 30 heavy (non-hydrogen) atoms. The van der Waals surface area contributed by atoms with Gasteiger partial charge in [0.25, 0.3) is 5.56 Å². The van der Waals surface area contributed by atoms with Gasteiger partial charge in [0, 0.05) is 20.1 Å². The molecule has 0 spiro atoms. The highest BCUT2D eigenvalue weighted by Crippen LogP contribution is 2.22. The average molecular weight is 437 g/mol. The molecule has 0 atom stereocenters. The van der Waals surface area contributed by atoms with Crippen LogP contribution in [0.15, 0.2) is 14.6 Å². The highest BCUT2D eigenvalue weighted by molar-refractivity contribution is 8.00. The highest BCUT2D eigenvalue weighted by Gasteiger charge is 2.19. The second-order valence-electron chi connectivity index (χ2n) is 7.87. The molecule has 2 N–H and O–H groups in total. The van der Waals surface area contributed by atoms with Crippen LogP contribution in [0.2, 0.25) is 0 Å². The lowest BCUT2D eigenvalue weighted by Crippen LogP contribution is -2.41. The highest BCUT2D eigenvalue weighted by atomic mass is 32.2. The summed E-state index contributed by atoms with van der Waals surface area (Å²) in [5.74, 6) is 0.163. The number of aromatic nitrogens is 4. The number of hydrogen-bond acceptors (Lipinski definition) is 7. The summed E-state index contributed by atoms with van der Waals surface area (Å²) in [5, 5.41) is 5.34. The smallest absolute Gasteiger partial charge is 0.332 e. The number of carbonyl (C=O) groups excluding carboxylic acids is 2. The number of hydrogen-bond donors (Lipinski definition) is 2. The van der Waals surface area contributed by atoms with Crippen LogP contribution in [-0.2, 0) is 18.4 Å². The Labute approximate surface area is 178 Å². The number of nitrogens with zero attached hydrogens (tertiary/aromatic N) is 4. The standard InChI is InChI=1S/C19H28N6O4S/c1-10(2)7-20-18(28)23-13(26)9-30-16-14-15(21-12(5)22-16)25(8-11(3)4)19(29)24(6)17(14)27/h10-11H,7-9H2,1-6H3,(H2,20,23,26,28). The molecule has 0 saturated carbocycles. The number of imide groups is 1. The first kappa shape index (κ1) is 23.6. The molecule has 0 fully saturated rings. The van der Waals surface area contributed by atoms with Gasteiger partial charge in [0.1, 0.15) is 16.2 Å². The predicted octanol–water partition coefficient (Wildman–Crippen LogP) is 1.03. The SMILES string of the molecule is Cc1nc(SCC(=O)NC(=O)NCC(C)C)c2c(=O)n(C)c(=O)n(CC(C)C)c2n1. The Bertz CT molecular complexity index is 1070. The Morgan fingerprint density at radius 3 is 2.37 bits per heavy atom. The van der Waals surface area contributed by atoms with Crippen molar-refractivity contribution in [1.29, 1.82) is 0 Å². The van der Waals surface area contributed by atoms with Gasteiger partial charge in [0.2, 0.25) is 5.91 Å². The lowest BCUT2D eigenvalue weighted by molar-refractivity contribution is -0.117. The molecule has 0 bridgehead atoms. The van der Waals surface area contributed by atoms with Crippen LogP contribution in [-0.4, -0.2) is 43.3 Å². The minimum absolute atomic E-state index is 0.118. The fourth-order valence-electron chi connectivity index (χ4n) is 2.71. The maximum atomic E-state index is 12.8. The van der Waals surface area contributed by atoms with Crippen molar-refractivity contribution in [3.05, 3.63) is 26.7 Å². The zero-order chi connectivity index (χ0) is 22.6. The van der Waals surface area contributed by atoms with E-state index in [1.165, 1.54) is 11.6 Å². The molecule has 0 aliphatic carbocycles. The van der Waals surface area contributed by atoms with Crippen LogP contribution < -0.4 is 21.9 Å². The van der Waals surface area contributed by atoms with Gasteiger partial charge in [-0.1, -0.05) is 39.5 Å². The van der Waals surface area contributed by atoms with Gasteiger partial charge in [-0.3, -0.25) is 24.0 Å². The van der Waals surface area contributed by atoms with E-state index in [0.717, 1.165) is 16.3 Å². The number of amides is 3. The number of aryl methyl sites for hydroxylation is 1. The second kappa shape index (κ2) is 9.88. The van der Waals surface area contributed by atoms with Crippen molar-refractivity contribution in [2.45, 2.75) is 46.2 Å². The fraction of sp³-hybridized carbons (Fsp3) is 0.579. The summed E-state index contributed by atoms with van der Waals surface area (Å²) in [5.41, 5.74) is -0.718. The maximum Gasteiger partial charge on any atom is 0.332 e. The van der Waals surface area contributed by atoms with Gasteiger partial charge in [0.05, 0.1) is 5.75 Å². The van der Waals surface area contributed by atoms with E-state index in [-0.39, 0.29) is 28.6 Å². The molecule has 2 rings (SSSR count). The summed E-state index contributed by atoms with van der Waals surface area (Å²) >= 11 is 1.02. The van der Waals surface area contributed by atoms with Crippen molar-refractivity contribution < 1.29 is 9.59 Å². The molecule has 3 amide bonds. The van der Waals surface area contributed by atoms with Gasteiger partial charge in [-0.25, -0.2) is 19.6 Å². The number of fused-ring (bicyclic) bond motifs is 1. The van der Waals surface area contributed by atoms with E-state index in [1.807, 2.05) is 27.7 Å². The summed E-state index contributed by atoms with van der Waals surface area (Å²) in [6.45, 7) is 10.3. The van der Waals surface area contributed by atoms with Crippen LogP contribution in [0.3, 0.4) is 0 Å². The number of thioether (sulfide) groups is 1. The van der Waals surface area contributed by atoms with Crippen LogP contribution in [0.1, 0.15) is 33.5 Å². The molecule has 2 aromatic rings. The molecule has 0 saturated heterocycles. The van der Waals surface area contributed by atoms with Crippen LogP contribution in [0.25, 0.3) is 11.0 Å². The molecule has 2 heterocycles. The van der Waals surface area contributed by atoms with Crippen LogP contribution >= 0.6 is 11.8 Å². The third kappa shape index (κ3) is 5.68. The maximum absolute atomic E-state index is 12.8. The Hall–Kier alpha value is -2.69. The van der Waals surface area contributed by atoms with Crippen molar-refractivity contribution in [1.82, 2.24) is 29.7 Å². The molecule has 11 heteroatoms. The first-order valence-corrected chi connectivity index (χ1v) is 10.7. The molecule has 164 valence electrons. The van der Waals surface area contributed by atoms with Gasteiger partial charge in [-0.15, -0.1) is 0 Å². The van der Waals surface area contributed by atoms with E-state index in [0.29, 0.717) is 23.9 Å². The molecule has 0 aliphatic rings. The molecular weight excluding hydrogens is 408 g/mol.